The van der Waals surface area contributed by atoms with Crippen LogP contribution < -0.4 is 4.74 Å². The summed E-state index contributed by atoms with van der Waals surface area (Å²) >= 11 is 20.3. The van der Waals surface area contributed by atoms with Crippen LogP contribution in [0, 0.1) is 0 Å². The van der Waals surface area contributed by atoms with Crippen molar-refractivity contribution in [1.82, 2.24) is 0 Å². The molecule has 122 valence electrons. The van der Waals surface area contributed by atoms with Gasteiger partial charge in [0, 0.05) is 24.1 Å². The van der Waals surface area contributed by atoms with Gasteiger partial charge >= 0.3 is 0 Å². The lowest BCUT2D eigenvalue weighted by Gasteiger charge is -2.11. The molecule has 0 saturated heterocycles. The number of fused-ring (bicyclic) bond motifs is 1. The summed E-state index contributed by atoms with van der Waals surface area (Å²) in [6, 6.07) is 12.1. The Hall–Kier alpha value is -0.720. The molecule has 0 bridgehead atoms. The first-order chi connectivity index (χ1) is 11.4. The van der Waals surface area contributed by atoms with Crippen molar-refractivity contribution in [2.45, 2.75) is 5.38 Å². The molecule has 0 saturated carbocycles. The van der Waals surface area contributed by atoms with Gasteiger partial charge in [-0.2, -0.15) is 0 Å². The molecule has 0 amide bonds. The minimum Gasteiger partial charge on any atom is -0.292 e. The topological polar surface area (TPSA) is 34.1 Å². The normalized spacial score (nSPS) is 12.3. The smallest absolute Gasteiger partial charge is 0.243 e. The van der Waals surface area contributed by atoms with Gasteiger partial charge < -0.3 is 0 Å². The first-order valence-electron chi connectivity index (χ1n) is 6.74. The van der Waals surface area contributed by atoms with Gasteiger partial charge in [0.1, 0.15) is 5.38 Å². The Morgan fingerprint density at radius 3 is 2.54 bits per heavy atom. The van der Waals surface area contributed by atoms with Gasteiger partial charge in [0.2, 0.25) is 4.74 Å². The molecule has 1 heterocycles. The number of hydrogen-bond acceptors (Lipinski definition) is 3. The highest BCUT2D eigenvalue weighted by molar-refractivity contribution is 9.11. The first-order valence-corrected chi connectivity index (χ1v) is 9.96. The van der Waals surface area contributed by atoms with E-state index in [1.54, 1.807) is 30.3 Å². The van der Waals surface area contributed by atoms with E-state index >= 15 is 0 Å². The zero-order valence-electron chi connectivity index (χ0n) is 11.9. The molecule has 0 spiro atoms. The fourth-order valence-corrected chi connectivity index (χ4v) is 5.44. The predicted molar refractivity (Wildman–Crippen MR) is 108 cm³/mol. The van der Waals surface area contributed by atoms with Gasteiger partial charge in [-0.05, 0) is 29.8 Å². The van der Waals surface area contributed by atoms with Gasteiger partial charge in [-0.3, -0.25) is 9.59 Å². The molecular formula is C17H8Br2Cl2O2S. The van der Waals surface area contributed by atoms with E-state index in [9.17, 15) is 9.59 Å². The third-order valence-electron chi connectivity index (χ3n) is 3.44. The molecule has 1 unspecified atom stereocenters. The van der Waals surface area contributed by atoms with Gasteiger partial charge in [0.25, 0.3) is 0 Å². The average Bonchev–Trinajstić information content (AvgIpc) is 2.53. The molecule has 0 N–H and O–H groups in total. The van der Waals surface area contributed by atoms with Gasteiger partial charge in [0.05, 0.1) is 5.56 Å². The maximum absolute atomic E-state index is 12.7. The van der Waals surface area contributed by atoms with Crippen LogP contribution in [-0.2, 0) is 0 Å². The van der Waals surface area contributed by atoms with E-state index in [0.717, 1.165) is 30.4 Å². The number of ketones is 1. The molecule has 3 rings (SSSR count). The van der Waals surface area contributed by atoms with E-state index in [1.807, 2.05) is 12.1 Å². The molecule has 0 aliphatic carbocycles. The summed E-state index contributed by atoms with van der Waals surface area (Å²) in [5, 5.41) is 0.173. The molecule has 2 aromatic carbocycles. The number of Topliss-reactive ketones (excluding diaryl/α,β-unsaturated/α-hetero) is 1. The number of benzene rings is 2. The van der Waals surface area contributed by atoms with Crippen LogP contribution >= 0.6 is 66.4 Å². The second-order valence-corrected chi connectivity index (χ2v) is 8.62. The van der Waals surface area contributed by atoms with Crippen molar-refractivity contribution in [2.75, 3.05) is 0 Å². The highest BCUT2D eigenvalue weighted by atomic mass is 79.9. The Morgan fingerprint density at radius 1 is 1.12 bits per heavy atom. The van der Waals surface area contributed by atoms with Crippen molar-refractivity contribution in [3.05, 3.63) is 77.1 Å². The molecule has 0 aliphatic heterocycles. The molecule has 3 aromatic rings. The molecule has 0 radical (unpaired) electrons. The molecule has 2 nitrogen and oxygen atoms in total. The van der Waals surface area contributed by atoms with E-state index in [0.29, 0.717) is 10.6 Å². The van der Waals surface area contributed by atoms with E-state index in [4.69, 9.17) is 23.2 Å². The number of hydrogen-bond donors (Lipinski definition) is 0. The first kappa shape index (κ1) is 18.1. The highest BCUT2D eigenvalue weighted by Gasteiger charge is 2.24. The van der Waals surface area contributed by atoms with Crippen molar-refractivity contribution in [3.63, 3.8) is 0 Å². The van der Waals surface area contributed by atoms with Crippen LogP contribution in [0.5, 0.6) is 0 Å². The van der Waals surface area contributed by atoms with Crippen LogP contribution in [0.3, 0.4) is 0 Å². The summed E-state index contributed by atoms with van der Waals surface area (Å²) in [5.41, 5.74) is 0.556. The van der Waals surface area contributed by atoms with Crippen LogP contribution in [0.2, 0.25) is 5.02 Å². The number of alkyl halides is 1. The molecule has 1 atom stereocenters. The van der Waals surface area contributed by atoms with Crippen LogP contribution in [0.4, 0.5) is 0 Å². The Morgan fingerprint density at radius 2 is 1.83 bits per heavy atom. The van der Waals surface area contributed by atoms with Crippen molar-refractivity contribution in [3.8, 4) is 0 Å². The third-order valence-corrected chi connectivity index (χ3v) is 6.30. The lowest BCUT2D eigenvalue weighted by molar-refractivity contribution is 0.0986. The van der Waals surface area contributed by atoms with Crippen molar-refractivity contribution in [1.29, 1.82) is 0 Å². The Kier molecular flexibility index (Phi) is 5.47. The lowest BCUT2D eigenvalue weighted by Crippen LogP contribution is -2.16. The van der Waals surface area contributed by atoms with E-state index in [2.05, 4.69) is 31.9 Å². The van der Waals surface area contributed by atoms with Crippen molar-refractivity contribution in [2.24, 2.45) is 0 Å². The Bertz CT molecular complexity index is 1020. The average molecular weight is 507 g/mol. The summed E-state index contributed by atoms with van der Waals surface area (Å²) in [7, 11) is 0. The molecule has 24 heavy (non-hydrogen) atoms. The van der Waals surface area contributed by atoms with Crippen LogP contribution in [0.1, 0.15) is 21.3 Å². The fraction of sp³-hybridized carbons (Fsp3) is 0.0588. The zero-order chi connectivity index (χ0) is 17.4. The summed E-state index contributed by atoms with van der Waals surface area (Å²) in [5.74, 6) is -0.456. The van der Waals surface area contributed by atoms with Gasteiger partial charge in [-0.15, -0.1) is 11.6 Å². The highest BCUT2D eigenvalue weighted by Crippen LogP contribution is 2.33. The lowest BCUT2D eigenvalue weighted by atomic mass is 10.0. The van der Waals surface area contributed by atoms with Gasteiger partial charge in [-0.1, -0.05) is 73.0 Å². The largest absolute Gasteiger partial charge is 0.292 e. The second kappa shape index (κ2) is 7.26. The van der Waals surface area contributed by atoms with Gasteiger partial charge in [0.15, 0.2) is 5.78 Å². The molecule has 0 aliphatic rings. The maximum Gasteiger partial charge on any atom is 0.243 e. The minimum atomic E-state index is -1.01. The van der Waals surface area contributed by atoms with Crippen LogP contribution in [0.15, 0.2) is 56.2 Å². The molecule has 1 aromatic heterocycles. The third kappa shape index (κ3) is 3.46. The minimum absolute atomic E-state index is 0.0652. The monoisotopic (exact) mass is 504 g/mol. The maximum atomic E-state index is 12.7. The summed E-state index contributed by atoms with van der Waals surface area (Å²) in [4.78, 5) is 25.1. The van der Waals surface area contributed by atoms with E-state index in [1.165, 1.54) is 0 Å². The summed E-state index contributed by atoms with van der Waals surface area (Å²) in [6.45, 7) is 0. The Balaban J connectivity index is 2.12. The van der Waals surface area contributed by atoms with Gasteiger partial charge in [-0.25, -0.2) is 0 Å². The van der Waals surface area contributed by atoms with Crippen LogP contribution in [0.25, 0.3) is 10.1 Å². The molecule has 0 fully saturated rings. The van der Waals surface area contributed by atoms with E-state index in [-0.39, 0.29) is 10.3 Å². The second-order valence-electron chi connectivity index (χ2n) is 5.00. The summed E-state index contributed by atoms with van der Waals surface area (Å²) in [6.07, 6.45) is 0. The summed E-state index contributed by atoms with van der Waals surface area (Å²) < 4.78 is 2.10. The molecule has 7 heteroatoms. The SMILES string of the molecule is O=C(c1cc2c(Br)cc(Br)cc2sc1=O)C(Cl)c1ccccc1Cl. The van der Waals surface area contributed by atoms with Crippen LogP contribution in [-0.4, -0.2) is 5.78 Å². The zero-order valence-corrected chi connectivity index (χ0v) is 17.4. The number of carbonyl (C=O) groups excluding carboxylic acids is 1. The number of carbonyl (C=O) groups is 1. The fourth-order valence-electron chi connectivity index (χ4n) is 2.27. The Labute approximate surface area is 168 Å². The van der Waals surface area contributed by atoms with Crippen molar-refractivity contribution >= 4 is 82.3 Å². The number of rotatable bonds is 3. The number of halogens is 4. The predicted octanol–water partition coefficient (Wildman–Crippen LogP) is 6.60. The quantitative estimate of drug-likeness (QED) is 0.296. The molecular weight excluding hydrogens is 499 g/mol. The van der Waals surface area contributed by atoms with Crippen molar-refractivity contribution < 1.29 is 4.79 Å². The standard InChI is InChI=1S/C17H8Br2Cl2O2S/c18-8-5-12(19)10-7-11(17(23)24-14(10)6-8)16(22)15(21)9-3-1-2-4-13(9)20/h1-7,15H. The van der Waals surface area contributed by atoms with E-state index < -0.39 is 11.2 Å².